The van der Waals surface area contributed by atoms with Crippen LogP contribution >= 0.6 is 0 Å². The molecule has 0 aliphatic heterocycles. The second-order valence-corrected chi connectivity index (χ2v) is 4.64. The number of hydrogen-bond acceptors (Lipinski definition) is 1. The van der Waals surface area contributed by atoms with E-state index in [0.717, 1.165) is 28.3 Å². The summed E-state index contributed by atoms with van der Waals surface area (Å²) in [5.41, 5.74) is 4.94. The van der Waals surface area contributed by atoms with E-state index in [-0.39, 0.29) is 5.82 Å². The predicted octanol–water partition coefficient (Wildman–Crippen LogP) is 3.63. The molecule has 0 atom stereocenters. The number of rotatable bonds is 1. The first-order valence-electron chi connectivity index (χ1n) is 5.92. The van der Waals surface area contributed by atoms with Crippen molar-refractivity contribution in [2.45, 2.75) is 6.92 Å². The minimum Gasteiger partial charge on any atom is -0.478 e. The summed E-state index contributed by atoms with van der Waals surface area (Å²) in [4.78, 5) is 11.0. The summed E-state index contributed by atoms with van der Waals surface area (Å²) in [5, 5.41) is 8.99. The van der Waals surface area contributed by atoms with Gasteiger partial charge in [0.05, 0.1) is 0 Å². The van der Waals surface area contributed by atoms with Gasteiger partial charge in [-0.3, -0.25) is 0 Å². The lowest BCUT2D eigenvalue weighted by Gasteiger charge is -2.02. The largest absolute Gasteiger partial charge is 0.478 e. The van der Waals surface area contributed by atoms with Crippen molar-refractivity contribution in [3.05, 3.63) is 65.0 Å². The average molecular weight is 254 g/mol. The van der Waals surface area contributed by atoms with Gasteiger partial charge in [0.15, 0.2) is 0 Å². The molecule has 0 unspecified atom stereocenters. The monoisotopic (exact) mass is 254 g/mol. The molecule has 3 heteroatoms. The van der Waals surface area contributed by atoms with E-state index in [0.29, 0.717) is 11.1 Å². The lowest BCUT2D eigenvalue weighted by atomic mass is 10.0. The van der Waals surface area contributed by atoms with E-state index >= 15 is 0 Å². The number of carboxylic acids is 1. The van der Waals surface area contributed by atoms with Gasteiger partial charge in [-0.2, -0.15) is 0 Å². The third kappa shape index (κ3) is 1.83. The van der Waals surface area contributed by atoms with Crippen LogP contribution in [0.2, 0.25) is 0 Å². The molecule has 3 rings (SSSR count). The highest BCUT2D eigenvalue weighted by Crippen LogP contribution is 2.44. The van der Waals surface area contributed by atoms with Crippen LogP contribution in [0, 0.1) is 12.7 Å². The SMILES string of the molecule is Cc1ccc2c(c1)/C(=C/C(=O)O)c1cc(F)ccc1-2. The molecule has 1 aliphatic carbocycles. The molecule has 94 valence electrons. The molecule has 0 heterocycles. The van der Waals surface area contributed by atoms with E-state index in [9.17, 15) is 9.18 Å². The van der Waals surface area contributed by atoms with Gasteiger partial charge >= 0.3 is 5.97 Å². The molecule has 0 aromatic heterocycles. The minimum absolute atomic E-state index is 0.362. The zero-order valence-corrected chi connectivity index (χ0v) is 10.3. The van der Waals surface area contributed by atoms with Gasteiger partial charge in [0.1, 0.15) is 5.82 Å². The number of carboxylic acid groups (broad SMARTS) is 1. The van der Waals surface area contributed by atoms with E-state index in [1.807, 2.05) is 25.1 Å². The third-order valence-electron chi connectivity index (χ3n) is 3.30. The summed E-state index contributed by atoms with van der Waals surface area (Å²) in [5.74, 6) is -1.39. The molecule has 0 saturated carbocycles. The summed E-state index contributed by atoms with van der Waals surface area (Å²) >= 11 is 0. The molecule has 0 amide bonds. The number of aliphatic carboxylic acids is 1. The van der Waals surface area contributed by atoms with E-state index in [2.05, 4.69) is 0 Å². The Hall–Kier alpha value is -2.42. The molecular formula is C16H11FO2. The Morgan fingerprint density at radius 1 is 1.05 bits per heavy atom. The molecule has 1 N–H and O–H groups in total. The van der Waals surface area contributed by atoms with Crippen molar-refractivity contribution in [2.24, 2.45) is 0 Å². The lowest BCUT2D eigenvalue weighted by Crippen LogP contribution is -1.92. The van der Waals surface area contributed by atoms with Crippen LogP contribution < -0.4 is 0 Å². The predicted molar refractivity (Wildman–Crippen MR) is 71.3 cm³/mol. The summed E-state index contributed by atoms with van der Waals surface area (Å²) in [7, 11) is 0. The van der Waals surface area contributed by atoms with Crippen LogP contribution in [-0.4, -0.2) is 11.1 Å². The van der Waals surface area contributed by atoms with Gasteiger partial charge < -0.3 is 5.11 Å². The Kier molecular flexibility index (Phi) is 2.49. The second-order valence-electron chi connectivity index (χ2n) is 4.64. The Morgan fingerprint density at radius 2 is 1.68 bits per heavy atom. The molecule has 2 aromatic rings. The Morgan fingerprint density at radius 3 is 2.37 bits per heavy atom. The first-order valence-corrected chi connectivity index (χ1v) is 5.92. The van der Waals surface area contributed by atoms with Gasteiger partial charge in [-0.05, 0) is 46.9 Å². The molecule has 0 fully saturated rings. The van der Waals surface area contributed by atoms with Crippen molar-refractivity contribution in [3.8, 4) is 11.1 Å². The molecule has 0 bridgehead atoms. The number of fused-ring (bicyclic) bond motifs is 3. The van der Waals surface area contributed by atoms with Crippen molar-refractivity contribution in [2.75, 3.05) is 0 Å². The van der Waals surface area contributed by atoms with Crippen LogP contribution in [0.25, 0.3) is 16.7 Å². The highest BCUT2D eigenvalue weighted by Gasteiger charge is 2.24. The van der Waals surface area contributed by atoms with Crippen LogP contribution in [-0.2, 0) is 4.79 Å². The first-order chi connectivity index (χ1) is 9.06. The summed E-state index contributed by atoms with van der Waals surface area (Å²) in [6, 6.07) is 10.3. The molecule has 0 spiro atoms. The zero-order chi connectivity index (χ0) is 13.6. The molecular weight excluding hydrogens is 243 g/mol. The van der Waals surface area contributed by atoms with Gasteiger partial charge in [-0.1, -0.05) is 29.8 Å². The van der Waals surface area contributed by atoms with Crippen LogP contribution in [0.1, 0.15) is 16.7 Å². The first kappa shape index (κ1) is 11.7. The Bertz CT molecular complexity index is 676. The summed E-state index contributed by atoms with van der Waals surface area (Å²) in [6.07, 6.45) is 1.14. The van der Waals surface area contributed by atoms with Crippen molar-refractivity contribution in [1.29, 1.82) is 0 Å². The fourth-order valence-electron chi connectivity index (χ4n) is 2.51. The standard InChI is InChI=1S/C16H11FO2/c1-9-2-4-11-12-5-3-10(17)7-14(12)15(8-16(18)19)13(11)6-9/h2-8H,1H3,(H,18,19)/b15-8-. The van der Waals surface area contributed by atoms with Gasteiger partial charge in [0, 0.05) is 6.08 Å². The van der Waals surface area contributed by atoms with Gasteiger partial charge in [-0.15, -0.1) is 0 Å². The van der Waals surface area contributed by atoms with Crippen LogP contribution in [0.15, 0.2) is 42.5 Å². The molecule has 0 radical (unpaired) electrons. The average Bonchev–Trinajstić information content (AvgIpc) is 2.62. The Balaban J connectivity index is 2.35. The van der Waals surface area contributed by atoms with Gasteiger partial charge in [0.25, 0.3) is 0 Å². The van der Waals surface area contributed by atoms with E-state index in [1.54, 1.807) is 6.07 Å². The molecule has 2 aromatic carbocycles. The lowest BCUT2D eigenvalue weighted by molar-refractivity contribution is -0.131. The number of halogens is 1. The summed E-state index contributed by atoms with van der Waals surface area (Å²) in [6.45, 7) is 1.95. The topological polar surface area (TPSA) is 37.3 Å². The third-order valence-corrected chi connectivity index (χ3v) is 3.30. The fourth-order valence-corrected chi connectivity index (χ4v) is 2.51. The van der Waals surface area contributed by atoms with Crippen molar-refractivity contribution < 1.29 is 14.3 Å². The molecule has 1 aliphatic rings. The highest BCUT2D eigenvalue weighted by molar-refractivity contribution is 6.06. The van der Waals surface area contributed by atoms with E-state index in [1.165, 1.54) is 12.1 Å². The van der Waals surface area contributed by atoms with Crippen molar-refractivity contribution >= 4 is 11.5 Å². The summed E-state index contributed by atoms with van der Waals surface area (Å²) < 4.78 is 13.4. The highest BCUT2D eigenvalue weighted by atomic mass is 19.1. The van der Waals surface area contributed by atoms with Crippen LogP contribution in [0.4, 0.5) is 4.39 Å². The van der Waals surface area contributed by atoms with Crippen LogP contribution in [0.5, 0.6) is 0 Å². The quantitative estimate of drug-likeness (QED) is 0.673. The maximum absolute atomic E-state index is 13.4. The van der Waals surface area contributed by atoms with Crippen LogP contribution in [0.3, 0.4) is 0 Å². The second kappa shape index (κ2) is 4.05. The molecule has 0 saturated heterocycles. The smallest absolute Gasteiger partial charge is 0.328 e. The minimum atomic E-state index is -1.03. The number of hydrogen-bond donors (Lipinski definition) is 1. The molecule has 19 heavy (non-hydrogen) atoms. The number of aryl methyl sites for hydroxylation is 1. The van der Waals surface area contributed by atoms with E-state index < -0.39 is 5.97 Å². The van der Waals surface area contributed by atoms with Crippen molar-refractivity contribution in [3.63, 3.8) is 0 Å². The maximum atomic E-state index is 13.4. The Labute approximate surface area is 109 Å². The van der Waals surface area contributed by atoms with Gasteiger partial charge in [-0.25, -0.2) is 9.18 Å². The fraction of sp³-hybridized carbons (Fsp3) is 0.0625. The van der Waals surface area contributed by atoms with E-state index in [4.69, 9.17) is 5.11 Å². The molecule has 2 nitrogen and oxygen atoms in total. The maximum Gasteiger partial charge on any atom is 0.328 e. The number of benzene rings is 2. The van der Waals surface area contributed by atoms with Crippen molar-refractivity contribution in [1.82, 2.24) is 0 Å². The number of carbonyl (C=O) groups is 1. The zero-order valence-electron chi connectivity index (χ0n) is 10.3. The van der Waals surface area contributed by atoms with Gasteiger partial charge in [0.2, 0.25) is 0 Å². The normalized spacial score (nSPS) is 14.3.